The van der Waals surface area contributed by atoms with E-state index < -0.39 is 5.82 Å². The third kappa shape index (κ3) is 3.86. The van der Waals surface area contributed by atoms with Gasteiger partial charge in [-0.1, -0.05) is 6.07 Å². The molecule has 0 amide bonds. The minimum absolute atomic E-state index is 0.173. The molecule has 0 aliphatic heterocycles. The van der Waals surface area contributed by atoms with Crippen LogP contribution < -0.4 is 10.7 Å². The Kier molecular flexibility index (Phi) is 4.71. The zero-order valence-electron chi connectivity index (χ0n) is 13.8. The predicted octanol–water partition coefficient (Wildman–Crippen LogP) is 3.09. The molecular weight excluding hydrogens is 305 g/mol. The number of aromatic amines is 1. The van der Waals surface area contributed by atoms with Crippen molar-refractivity contribution in [1.82, 2.24) is 15.3 Å². The summed E-state index contributed by atoms with van der Waals surface area (Å²) in [6, 6.07) is 11.9. The fraction of sp³-hybridized carbons (Fsp3) is 0.263. The summed E-state index contributed by atoms with van der Waals surface area (Å²) in [5, 5.41) is 3.76. The molecule has 0 spiro atoms. The molecule has 124 valence electrons. The van der Waals surface area contributed by atoms with Gasteiger partial charge in [-0.05, 0) is 44.2 Å². The Morgan fingerprint density at radius 3 is 2.88 bits per heavy atom. The molecular formula is C19H20FN3O. The molecule has 5 heteroatoms. The maximum atomic E-state index is 13.2. The Morgan fingerprint density at radius 1 is 1.25 bits per heavy atom. The van der Waals surface area contributed by atoms with Crippen LogP contribution in [0.1, 0.15) is 24.0 Å². The van der Waals surface area contributed by atoms with E-state index in [1.807, 2.05) is 25.1 Å². The van der Waals surface area contributed by atoms with Crippen LogP contribution in [0.2, 0.25) is 0 Å². The van der Waals surface area contributed by atoms with Crippen molar-refractivity contribution >= 4 is 10.9 Å². The molecule has 1 atom stereocenters. The standard InChI is InChI=1S/C19H20FN3O/c1-12-4-3-5-15(22-12)8-13(2)21-11-16-10-19(24)17-9-14(20)6-7-18(17)23-16/h3-7,9-10,13,21H,8,11H2,1-2H3,(H,23,24)/t13-/m1/s1. The topological polar surface area (TPSA) is 57.8 Å². The lowest BCUT2D eigenvalue weighted by Crippen LogP contribution is -2.28. The molecule has 3 rings (SSSR count). The number of nitrogens with one attached hydrogen (secondary N) is 2. The highest BCUT2D eigenvalue weighted by atomic mass is 19.1. The summed E-state index contributed by atoms with van der Waals surface area (Å²) in [5.74, 6) is -0.404. The molecule has 0 radical (unpaired) electrons. The second-order valence-corrected chi connectivity index (χ2v) is 6.11. The molecule has 0 bridgehead atoms. The van der Waals surface area contributed by atoms with Gasteiger partial charge >= 0.3 is 0 Å². The molecule has 0 unspecified atom stereocenters. The highest BCUT2D eigenvalue weighted by molar-refractivity contribution is 5.78. The summed E-state index contributed by atoms with van der Waals surface area (Å²) in [5.41, 5.74) is 3.30. The van der Waals surface area contributed by atoms with Gasteiger partial charge in [-0.25, -0.2) is 4.39 Å². The Morgan fingerprint density at radius 2 is 2.08 bits per heavy atom. The average Bonchev–Trinajstić information content (AvgIpc) is 2.54. The highest BCUT2D eigenvalue weighted by Gasteiger charge is 2.07. The van der Waals surface area contributed by atoms with Crippen LogP contribution in [0.5, 0.6) is 0 Å². The molecule has 2 heterocycles. The minimum Gasteiger partial charge on any atom is -0.357 e. The maximum Gasteiger partial charge on any atom is 0.189 e. The van der Waals surface area contributed by atoms with Crippen molar-refractivity contribution in [2.24, 2.45) is 0 Å². The second kappa shape index (κ2) is 6.93. The van der Waals surface area contributed by atoms with Crippen molar-refractivity contribution in [3.8, 4) is 0 Å². The van der Waals surface area contributed by atoms with Crippen molar-refractivity contribution < 1.29 is 4.39 Å². The SMILES string of the molecule is Cc1cccc(C[C@@H](C)NCc2cc(=O)c3cc(F)ccc3[nH]2)n1. The fourth-order valence-electron chi connectivity index (χ4n) is 2.75. The number of hydrogen-bond acceptors (Lipinski definition) is 3. The van der Waals surface area contributed by atoms with E-state index in [9.17, 15) is 9.18 Å². The summed E-state index contributed by atoms with van der Waals surface area (Å²) in [4.78, 5) is 19.8. The Labute approximate surface area is 139 Å². The molecule has 1 aromatic carbocycles. The Hall–Kier alpha value is -2.53. The lowest BCUT2D eigenvalue weighted by atomic mass is 10.1. The Balaban J connectivity index is 1.69. The molecule has 0 saturated heterocycles. The lowest BCUT2D eigenvalue weighted by Gasteiger charge is -2.14. The fourth-order valence-corrected chi connectivity index (χ4v) is 2.75. The normalized spacial score (nSPS) is 12.5. The van der Waals surface area contributed by atoms with Gasteiger partial charge in [0.1, 0.15) is 5.82 Å². The van der Waals surface area contributed by atoms with Crippen molar-refractivity contribution in [2.75, 3.05) is 0 Å². The van der Waals surface area contributed by atoms with Crippen molar-refractivity contribution in [2.45, 2.75) is 32.9 Å². The van der Waals surface area contributed by atoms with Crippen LogP contribution in [0.15, 0.2) is 47.3 Å². The average molecular weight is 325 g/mol. The summed E-state index contributed by atoms with van der Waals surface area (Å²) in [6.45, 7) is 4.60. The quantitative estimate of drug-likeness (QED) is 0.758. The second-order valence-electron chi connectivity index (χ2n) is 6.11. The maximum absolute atomic E-state index is 13.2. The van der Waals surface area contributed by atoms with Crippen LogP contribution in [0.3, 0.4) is 0 Å². The molecule has 0 fully saturated rings. The van der Waals surface area contributed by atoms with E-state index in [1.54, 1.807) is 6.07 Å². The van der Waals surface area contributed by atoms with Crippen LogP contribution in [-0.2, 0) is 13.0 Å². The number of rotatable bonds is 5. The van der Waals surface area contributed by atoms with Crippen LogP contribution in [0.4, 0.5) is 4.39 Å². The first-order valence-electron chi connectivity index (χ1n) is 7.98. The number of benzene rings is 1. The number of H-pyrrole nitrogens is 1. The molecule has 2 aromatic heterocycles. The summed E-state index contributed by atoms with van der Waals surface area (Å²) >= 11 is 0. The zero-order valence-corrected chi connectivity index (χ0v) is 13.8. The molecule has 4 nitrogen and oxygen atoms in total. The first-order chi connectivity index (χ1) is 11.5. The van der Waals surface area contributed by atoms with Crippen LogP contribution in [0, 0.1) is 12.7 Å². The van der Waals surface area contributed by atoms with Crippen LogP contribution in [0.25, 0.3) is 10.9 Å². The molecule has 3 aromatic rings. The zero-order chi connectivity index (χ0) is 17.1. The van der Waals surface area contributed by atoms with Gasteiger partial charge < -0.3 is 10.3 Å². The van der Waals surface area contributed by atoms with Gasteiger partial charge in [0.15, 0.2) is 5.43 Å². The van der Waals surface area contributed by atoms with E-state index in [2.05, 4.69) is 22.2 Å². The number of hydrogen-bond donors (Lipinski definition) is 2. The number of halogens is 1. The predicted molar refractivity (Wildman–Crippen MR) is 93.5 cm³/mol. The first-order valence-corrected chi connectivity index (χ1v) is 7.98. The summed E-state index contributed by atoms with van der Waals surface area (Å²) < 4.78 is 13.2. The van der Waals surface area contributed by atoms with Gasteiger partial charge in [0.05, 0.1) is 0 Å². The number of aromatic nitrogens is 2. The first kappa shape index (κ1) is 16.3. The van der Waals surface area contributed by atoms with E-state index in [1.165, 1.54) is 18.2 Å². The molecule has 0 saturated carbocycles. The van der Waals surface area contributed by atoms with Gasteiger partial charge in [-0.15, -0.1) is 0 Å². The van der Waals surface area contributed by atoms with Crippen LogP contribution >= 0.6 is 0 Å². The third-order valence-electron chi connectivity index (χ3n) is 3.95. The minimum atomic E-state index is -0.404. The molecule has 0 aliphatic carbocycles. The smallest absolute Gasteiger partial charge is 0.189 e. The Bertz CT molecular complexity index is 920. The van der Waals surface area contributed by atoms with E-state index in [0.29, 0.717) is 17.4 Å². The van der Waals surface area contributed by atoms with Crippen molar-refractivity contribution in [1.29, 1.82) is 0 Å². The molecule has 24 heavy (non-hydrogen) atoms. The van der Waals surface area contributed by atoms with E-state index in [-0.39, 0.29) is 11.5 Å². The number of aryl methyl sites for hydroxylation is 1. The van der Waals surface area contributed by atoms with Crippen LogP contribution in [-0.4, -0.2) is 16.0 Å². The van der Waals surface area contributed by atoms with Gasteiger partial charge in [0.2, 0.25) is 0 Å². The monoisotopic (exact) mass is 325 g/mol. The van der Waals surface area contributed by atoms with Gasteiger partial charge in [-0.2, -0.15) is 0 Å². The highest BCUT2D eigenvalue weighted by Crippen LogP contribution is 2.10. The third-order valence-corrected chi connectivity index (χ3v) is 3.95. The van der Waals surface area contributed by atoms with E-state index in [4.69, 9.17) is 0 Å². The number of pyridine rings is 2. The summed E-state index contributed by atoms with van der Waals surface area (Å²) in [6.07, 6.45) is 0.810. The largest absolute Gasteiger partial charge is 0.357 e. The molecule has 2 N–H and O–H groups in total. The van der Waals surface area contributed by atoms with Gasteiger partial charge in [0.25, 0.3) is 0 Å². The molecule has 0 aliphatic rings. The van der Waals surface area contributed by atoms with Crippen molar-refractivity contribution in [3.05, 3.63) is 75.6 Å². The van der Waals surface area contributed by atoms with Crippen molar-refractivity contribution in [3.63, 3.8) is 0 Å². The lowest BCUT2D eigenvalue weighted by molar-refractivity contribution is 0.535. The number of nitrogens with zero attached hydrogens (tertiary/aromatic N) is 1. The van der Waals surface area contributed by atoms with Gasteiger partial charge in [0, 0.05) is 53.1 Å². The van der Waals surface area contributed by atoms with E-state index in [0.717, 1.165) is 23.5 Å². The summed E-state index contributed by atoms with van der Waals surface area (Å²) in [7, 11) is 0. The van der Waals surface area contributed by atoms with E-state index >= 15 is 0 Å². The van der Waals surface area contributed by atoms with Gasteiger partial charge in [-0.3, -0.25) is 9.78 Å². The number of fused-ring (bicyclic) bond motifs is 1.